The van der Waals surface area contributed by atoms with E-state index in [2.05, 4.69) is 11.9 Å². The zero-order valence-corrected chi connectivity index (χ0v) is 12.2. The SMILES string of the molecule is CCCCC[C@]1(n2ccc(N)nc2=O)C[C@H](O)[C@@H](CO)O1. The van der Waals surface area contributed by atoms with Crippen molar-refractivity contribution >= 4 is 5.82 Å². The summed E-state index contributed by atoms with van der Waals surface area (Å²) >= 11 is 0. The number of nitrogens with zero attached hydrogens (tertiary/aromatic N) is 2. The molecule has 1 aliphatic rings. The molecular formula is C14H23N3O4. The summed E-state index contributed by atoms with van der Waals surface area (Å²) < 4.78 is 7.23. The van der Waals surface area contributed by atoms with Crippen LogP contribution in [0.3, 0.4) is 0 Å². The predicted molar refractivity (Wildman–Crippen MR) is 77.6 cm³/mol. The van der Waals surface area contributed by atoms with Crippen molar-refractivity contribution in [3.63, 3.8) is 0 Å². The van der Waals surface area contributed by atoms with Crippen molar-refractivity contribution in [1.29, 1.82) is 0 Å². The van der Waals surface area contributed by atoms with Crippen LogP contribution in [0.2, 0.25) is 0 Å². The van der Waals surface area contributed by atoms with Gasteiger partial charge in [0, 0.05) is 12.6 Å². The Labute approximate surface area is 123 Å². The highest BCUT2D eigenvalue weighted by Crippen LogP contribution is 2.38. The van der Waals surface area contributed by atoms with E-state index < -0.39 is 23.6 Å². The van der Waals surface area contributed by atoms with Gasteiger partial charge in [0.2, 0.25) is 0 Å². The second-order valence-electron chi connectivity index (χ2n) is 5.52. The molecule has 1 aromatic heterocycles. The van der Waals surface area contributed by atoms with Gasteiger partial charge in [-0.2, -0.15) is 4.98 Å². The molecule has 0 aromatic carbocycles. The first kappa shape index (κ1) is 15.9. The van der Waals surface area contributed by atoms with Crippen molar-refractivity contribution in [2.24, 2.45) is 0 Å². The zero-order valence-electron chi connectivity index (χ0n) is 12.2. The highest BCUT2D eigenvalue weighted by molar-refractivity contribution is 5.24. The number of hydrogen-bond donors (Lipinski definition) is 3. The van der Waals surface area contributed by atoms with Crippen molar-refractivity contribution in [3.8, 4) is 0 Å². The Morgan fingerprint density at radius 1 is 1.57 bits per heavy atom. The fourth-order valence-electron chi connectivity index (χ4n) is 2.84. The molecule has 1 aromatic rings. The van der Waals surface area contributed by atoms with Crippen LogP contribution in [0.5, 0.6) is 0 Å². The molecule has 1 saturated heterocycles. The van der Waals surface area contributed by atoms with Crippen molar-refractivity contribution < 1.29 is 14.9 Å². The molecule has 1 fully saturated rings. The summed E-state index contributed by atoms with van der Waals surface area (Å²) in [4.78, 5) is 15.8. The van der Waals surface area contributed by atoms with Crippen molar-refractivity contribution in [3.05, 3.63) is 22.7 Å². The molecule has 0 amide bonds. The lowest BCUT2D eigenvalue weighted by Gasteiger charge is -2.31. The van der Waals surface area contributed by atoms with Gasteiger partial charge in [-0.05, 0) is 18.9 Å². The van der Waals surface area contributed by atoms with Crippen LogP contribution < -0.4 is 11.4 Å². The van der Waals surface area contributed by atoms with Crippen molar-refractivity contribution in [1.82, 2.24) is 9.55 Å². The predicted octanol–water partition coefficient (Wildman–Crippen LogP) is 0.201. The Balaban J connectivity index is 2.34. The average molecular weight is 297 g/mol. The fourth-order valence-corrected chi connectivity index (χ4v) is 2.84. The first-order valence-corrected chi connectivity index (χ1v) is 7.35. The topological polar surface area (TPSA) is 111 Å². The van der Waals surface area contributed by atoms with E-state index in [-0.39, 0.29) is 18.8 Å². The largest absolute Gasteiger partial charge is 0.394 e. The quantitative estimate of drug-likeness (QED) is 0.647. The highest BCUT2D eigenvalue weighted by atomic mass is 16.6. The maximum absolute atomic E-state index is 12.1. The average Bonchev–Trinajstić information content (AvgIpc) is 2.76. The molecule has 0 saturated carbocycles. The third-order valence-corrected chi connectivity index (χ3v) is 3.94. The number of rotatable bonds is 6. The molecule has 7 nitrogen and oxygen atoms in total. The van der Waals surface area contributed by atoms with Crippen LogP contribution in [-0.2, 0) is 10.5 Å². The van der Waals surface area contributed by atoms with Gasteiger partial charge in [0.25, 0.3) is 0 Å². The summed E-state index contributed by atoms with van der Waals surface area (Å²) in [6, 6.07) is 1.53. The van der Waals surface area contributed by atoms with E-state index in [1.807, 2.05) is 0 Å². The van der Waals surface area contributed by atoms with Crippen molar-refractivity contribution in [2.45, 2.75) is 57.0 Å². The number of aliphatic hydroxyl groups is 2. The van der Waals surface area contributed by atoms with Gasteiger partial charge >= 0.3 is 5.69 Å². The van der Waals surface area contributed by atoms with E-state index >= 15 is 0 Å². The summed E-state index contributed by atoms with van der Waals surface area (Å²) in [5, 5.41) is 19.3. The summed E-state index contributed by atoms with van der Waals surface area (Å²) in [6.45, 7) is 1.80. The number of hydrogen-bond acceptors (Lipinski definition) is 6. The van der Waals surface area contributed by atoms with E-state index in [9.17, 15) is 15.0 Å². The standard InChI is InChI=1S/C14H23N3O4/c1-2-3-4-6-14(8-10(19)11(9-18)21-14)17-7-5-12(15)16-13(17)20/h5,7,10-11,18-19H,2-4,6,8-9H2,1H3,(H2,15,16,20)/t10-,11+,14+/m0/s1. The summed E-state index contributed by atoms with van der Waals surface area (Å²) in [6.07, 6.45) is 3.80. The first-order valence-electron chi connectivity index (χ1n) is 7.35. The number of aliphatic hydroxyl groups excluding tert-OH is 2. The van der Waals surface area contributed by atoms with Crippen molar-refractivity contribution in [2.75, 3.05) is 12.3 Å². The van der Waals surface area contributed by atoms with Gasteiger partial charge in [-0.25, -0.2) is 4.79 Å². The molecule has 7 heteroatoms. The third-order valence-electron chi connectivity index (χ3n) is 3.94. The lowest BCUT2D eigenvalue weighted by Crippen LogP contribution is -2.42. The number of anilines is 1. The van der Waals surface area contributed by atoms with Gasteiger partial charge in [-0.3, -0.25) is 4.57 Å². The minimum absolute atomic E-state index is 0.150. The van der Waals surface area contributed by atoms with Gasteiger partial charge in [-0.1, -0.05) is 19.8 Å². The summed E-state index contributed by atoms with van der Waals surface area (Å²) in [5.41, 5.74) is 4.06. The lowest BCUT2D eigenvalue weighted by molar-refractivity contribution is -0.124. The molecule has 0 spiro atoms. The molecule has 0 unspecified atom stereocenters. The van der Waals surface area contributed by atoms with Crippen LogP contribution >= 0.6 is 0 Å². The van der Waals surface area contributed by atoms with Crippen LogP contribution in [0.15, 0.2) is 17.1 Å². The van der Waals surface area contributed by atoms with Gasteiger partial charge in [-0.15, -0.1) is 0 Å². The summed E-state index contributed by atoms with van der Waals surface area (Å²) in [5.74, 6) is 0.150. The molecule has 0 bridgehead atoms. The molecular weight excluding hydrogens is 274 g/mol. The molecule has 3 atom stereocenters. The number of ether oxygens (including phenoxy) is 1. The van der Waals surface area contributed by atoms with Crippen LogP contribution in [0.4, 0.5) is 5.82 Å². The molecule has 1 aliphatic heterocycles. The summed E-state index contributed by atoms with van der Waals surface area (Å²) in [7, 11) is 0. The fraction of sp³-hybridized carbons (Fsp3) is 0.714. The van der Waals surface area contributed by atoms with Crippen LogP contribution in [0.25, 0.3) is 0 Å². The van der Waals surface area contributed by atoms with E-state index in [1.165, 1.54) is 10.6 Å². The molecule has 4 N–H and O–H groups in total. The van der Waals surface area contributed by atoms with Gasteiger partial charge < -0.3 is 20.7 Å². The smallest absolute Gasteiger partial charge is 0.351 e. The van der Waals surface area contributed by atoms with Gasteiger partial charge in [0.1, 0.15) is 11.9 Å². The van der Waals surface area contributed by atoms with Crippen LogP contribution in [-0.4, -0.2) is 38.6 Å². The maximum atomic E-state index is 12.1. The maximum Gasteiger partial charge on any atom is 0.351 e. The lowest BCUT2D eigenvalue weighted by atomic mass is 9.99. The molecule has 0 aliphatic carbocycles. The highest BCUT2D eigenvalue weighted by Gasteiger charge is 2.47. The molecule has 2 rings (SSSR count). The monoisotopic (exact) mass is 297 g/mol. The minimum Gasteiger partial charge on any atom is -0.394 e. The van der Waals surface area contributed by atoms with E-state index in [0.29, 0.717) is 6.42 Å². The van der Waals surface area contributed by atoms with E-state index in [4.69, 9.17) is 10.5 Å². The minimum atomic E-state index is -0.959. The van der Waals surface area contributed by atoms with Gasteiger partial charge in [0.05, 0.1) is 12.7 Å². The zero-order chi connectivity index (χ0) is 15.5. The second kappa shape index (κ2) is 6.55. The Kier molecular flexibility index (Phi) is 4.97. The first-order chi connectivity index (χ1) is 10.0. The molecule has 0 radical (unpaired) electrons. The molecule has 21 heavy (non-hydrogen) atoms. The normalized spacial score (nSPS) is 28.9. The van der Waals surface area contributed by atoms with Crippen LogP contribution in [0, 0.1) is 0 Å². The molecule has 2 heterocycles. The van der Waals surface area contributed by atoms with Gasteiger partial charge in [0.15, 0.2) is 5.72 Å². The second-order valence-corrected chi connectivity index (χ2v) is 5.52. The number of unbranched alkanes of at least 4 members (excludes halogenated alkanes) is 2. The Morgan fingerprint density at radius 2 is 2.33 bits per heavy atom. The Morgan fingerprint density at radius 3 is 2.90 bits per heavy atom. The van der Waals surface area contributed by atoms with Crippen LogP contribution in [0.1, 0.15) is 39.0 Å². The molecule has 118 valence electrons. The number of nitrogens with two attached hydrogens (primary N) is 1. The Bertz CT molecular complexity index is 533. The van der Waals surface area contributed by atoms with E-state index in [1.54, 1.807) is 6.20 Å². The Hall–Kier alpha value is -1.44. The number of nitrogen functional groups attached to an aromatic ring is 1. The number of aromatic nitrogens is 2. The third kappa shape index (κ3) is 3.25. The van der Waals surface area contributed by atoms with E-state index in [0.717, 1.165) is 19.3 Å².